The van der Waals surface area contributed by atoms with Gasteiger partial charge in [0.05, 0.1) is 0 Å². The molecule has 0 saturated heterocycles. The quantitative estimate of drug-likeness (QED) is 0.404. The third-order valence-electron chi connectivity index (χ3n) is 2.46. The van der Waals surface area contributed by atoms with Crippen LogP contribution in [0, 0.1) is 0 Å². The fourth-order valence-electron chi connectivity index (χ4n) is 1.44. The first-order chi connectivity index (χ1) is 6.04. The summed E-state index contributed by atoms with van der Waals surface area (Å²) in [7, 11) is 1.89. The molecule has 0 aromatic carbocycles. The molecular formula is C9H23N3O. The van der Waals surface area contributed by atoms with Gasteiger partial charge in [0.1, 0.15) is 0 Å². The Balaban J connectivity index is 4.10. The molecule has 80 valence electrons. The van der Waals surface area contributed by atoms with E-state index >= 15 is 0 Å². The number of nitrogens with one attached hydrogen (secondary N) is 1. The van der Waals surface area contributed by atoms with Crippen LogP contribution in [0.1, 0.15) is 27.2 Å². The molecular weight excluding hydrogens is 166 g/mol. The van der Waals surface area contributed by atoms with Crippen molar-refractivity contribution in [3.05, 3.63) is 0 Å². The lowest BCUT2D eigenvalue weighted by Gasteiger charge is -2.33. The Morgan fingerprint density at radius 3 is 2.23 bits per heavy atom. The zero-order chi connectivity index (χ0) is 10.4. The van der Waals surface area contributed by atoms with E-state index in [1.165, 1.54) is 0 Å². The molecule has 0 heterocycles. The van der Waals surface area contributed by atoms with E-state index in [9.17, 15) is 0 Å². The van der Waals surface area contributed by atoms with Gasteiger partial charge in [0, 0.05) is 24.7 Å². The number of rotatable bonds is 6. The fraction of sp³-hybridized carbons (Fsp3) is 1.00. The molecule has 0 aliphatic carbocycles. The molecule has 2 unspecified atom stereocenters. The van der Waals surface area contributed by atoms with Gasteiger partial charge in [0.15, 0.2) is 0 Å². The molecule has 0 amide bonds. The topological polar surface area (TPSA) is 61.5 Å². The minimum atomic E-state index is 0.196. The number of aliphatic hydroxyl groups excluding tert-OH is 1. The summed E-state index contributed by atoms with van der Waals surface area (Å²) in [4.78, 5) is 0. The molecule has 0 aliphatic heterocycles. The Hall–Kier alpha value is -0.160. The molecule has 0 rings (SSSR count). The monoisotopic (exact) mass is 189 g/mol. The second-order valence-electron chi connectivity index (χ2n) is 3.69. The Kier molecular flexibility index (Phi) is 6.24. The Labute approximate surface area is 81.1 Å². The van der Waals surface area contributed by atoms with Gasteiger partial charge in [-0.05, 0) is 34.2 Å². The maximum atomic E-state index is 8.84. The molecule has 0 saturated carbocycles. The molecule has 0 aliphatic rings. The maximum absolute atomic E-state index is 8.84. The van der Waals surface area contributed by atoms with Crippen LogP contribution < -0.4 is 11.2 Å². The second kappa shape index (κ2) is 6.32. The normalized spacial score (nSPS) is 16.6. The van der Waals surface area contributed by atoms with Crippen LogP contribution in [0.25, 0.3) is 0 Å². The molecule has 4 nitrogen and oxygen atoms in total. The Bertz CT molecular complexity index is 130. The molecule has 4 N–H and O–H groups in total. The van der Waals surface area contributed by atoms with Crippen LogP contribution in [0.4, 0.5) is 0 Å². The summed E-state index contributed by atoms with van der Waals surface area (Å²) >= 11 is 0. The van der Waals surface area contributed by atoms with Gasteiger partial charge in [-0.2, -0.15) is 0 Å². The van der Waals surface area contributed by atoms with Crippen molar-refractivity contribution in [2.45, 2.75) is 45.3 Å². The van der Waals surface area contributed by atoms with Crippen molar-refractivity contribution in [2.24, 2.45) is 5.84 Å². The van der Waals surface area contributed by atoms with Gasteiger partial charge in [-0.1, -0.05) is 0 Å². The number of hydrogen-bond acceptors (Lipinski definition) is 4. The van der Waals surface area contributed by atoms with Crippen LogP contribution >= 0.6 is 0 Å². The minimum Gasteiger partial charge on any atom is -0.396 e. The van der Waals surface area contributed by atoms with E-state index in [2.05, 4.69) is 26.1 Å². The van der Waals surface area contributed by atoms with Gasteiger partial charge >= 0.3 is 0 Å². The van der Waals surface area contributed by atoms with Crippen LogP contribution in [0.15, 0.2) is 0 Å². The van der Waals surface area contributed by atoms with E-state index in [0.29, 0.717) is 6.04 Å². The third kappa shape index (κ3) is 4.04. The lowest BCUT2D eigenvalue weighted by atomic mass is 10.1. The highest BCUT2D eigenvalue weighted by atomic mass is 16.3. The summed E-state index contributed by atoms with van der Waals surface area (Å²) < 4.78 is 0. The highest BCUT2D eigenvalue weighted by molar-refractivity contribution is 4.78. The highest BCUT2D eigenvalue weighted by Gasteiger charge is 2.21. The second-order valence-corrected chi connectivity index (χ2v) is 3.69. The van der Waals surface area contributed by atoms with Crippen LogP contribution in [-0.2, 0) is 0 Å². The van der Waals surface area contributed by atoms with E-state index in [4.69, 9.17) is 10.9 Å². The molecule has 0 fully saturated rings. The van der Waals surface area contributed by atoms with Crippen molar-refractivity contribution in [3.63, 3.8) is 0 Å². The number of nitrogens with zero attached hydrogens (tertiary/aromatic N) is 1. The number of hydrazine groups is 1. The average Bonchev–Trinajstić information content (AvgIpc) is 2.11. The van der Waals surface area contributed by atoms with Crippen molar-refractivity contribution in [1.29, 1.82) is 0 Å². The zero-order valence-corrected chi connectivity index (χ0v) is 9.12. The lowest BCUT2D eigenvalue weighted by molar-refractivity contribution is 0.122. The summed E-state index contributed by atoms with van der Waals surface area (Å²) in [6.45, 7) is 6.38. The van der Waals surface area contributed by atoms with Gasteiger partial charge in [0.2, 0.25) is 0 Å². The zero-order valence-electron chi connectivity index (χ0n) is 9.12. The van der Waals surface area contributed by atoms with Crippen molar-refractivity contribution in [2.75, 3.05) is 13.7 Å². The van der Waals surface area contributed by atoms with Crippen molar-refractivity contribution in [3.8, 4) is 0 Å². The Morgan fingerprint density at radius 2 is 1.92 bits per heavy atom. The number of hydrogen-bond donors (Lipinski definition) is 3. The number of aliphatic hydroxyl groups is 1. The molecule has 0 spiro atoms. The molecule has 0 bridgehead atoms. The summed E-state index contributed by atoms with van der Waals surface area (Å²) in [6.07, 6.45) is 0.734. The van der Waals surface area contributed by atoms with Gasteiger partial charge in [-0.15, -0.1) is 0 Å². The number of likely N-dealkylation sites (N-methyl/N-ethyl adjacent to an activating group) is 1. The summed E-state index contributed by atoms with van der Waals surface area (Å²) in [5.74, 6) is 5.88. The van der Waals surface area contributed by atoms with Crippen LogP contribution in [0.2, 0.25) is 0 Å². The van der Waals surface area contributed by atoms with Gasteiger partial charge in [-0.3, -0.25) is 5.84 Å². The molecule has 0 aromatic rings. The summed E-state index contributed by atoms with van der Waals surface area (Å²) in [5, 5.41) is 13.8. The largest absolute Gasteiger partial charge is 0.396 e. The summed E-state index contributed by atoms with van der Waals surface area (Å²) in [6, 6.07) is 0.805. The van der Waals surface area contributed by atoms with Crippen molar-refractivity contribution >= 4 is 0 Å². The molecule has 2 atom stereocenters. The molecule has 4 heteroatoms. The van der Waals surface area contributed by atoms with Crippen molar-refractivity contribution in [1.82, 2.24) is 10.3 Å². The van der Waals surface area contributed by atoms with Crippen molar-refractivity contribution < 1.29 is 5.11 Å². The van der Waals surface area contributed by atoms with Gasteiger partial charge in [-0.25, -0.2) is 5.01 Å². The van der Waals surface area contributed by atoms with Gasteiger partial charge in [0.25, 0.3) is 0 Å². The maximum Gasteiger partial charge on any atom is 0.0446 e. The first-order valence-electron chi connectivity index (χ1n) is 4.85. The van der Waals surface area contributed by atoms with Crippen LogP contribution in [0.3, 0.4) is 0 Å². The average molecular weight is 189 g/mol. The minimum absolute atomic E-state index is 0.196. The van der Waals surface area contributed by atoms with E-state index < -0.39 is 0 Å². The predicted octanol–water partition coefficient (Wildman–Crippen LogP) is -0.0706. The van der Waals surface area contributed by atoms with E-state index in [1.54, 1.807) is 0 Å². The fourth-order valence-corrected chi connectivity index (χ4v) is 1.44. The van der Waals surface area contributed by atoms with E-state index in [1.807, 2.05) is 12.1 Å². The number of nitrogens with two attached hydrogens (primary N) is 1. The van der Waals surface area contributed by atoms with E-state index in [0.717, 1.165) is 6.42 Å². The summed E-state index contributed by atoms with van der Waals surface area (Å²) in [5.41, 5.74) is 0. The third-order valence-corrected chi connectivity index (χ3v) is 2.46. The molecule has 0 aromatic heterocycles. The molecule has 13 heavy (non-hydrogen) atoms. The first-order valence-corrected chi connectivity index (χ1v) is 4.85. The predicted molar refractivity (Wildman–Crippen MR) is 55.2 cm³/mol. The smallest absolute Gasteiger partial charge is 0.0446 e. The first kappa shape index (κ1) is 12.8. The Morgan fingerprint density at radius 1 is 1.38 bits per heavy atom. The standard InChI is InChI=1S/C9H23N3O/c1-7(2)12(10)8(3)9(11-4)5-6-13/h7-9,11,13H,5-6,10H2,1-4H3. The molecule has 0 radical (unpaired) electrons. The lowest BCUT2D eigenvalue weighted by Crippen LogP contribution is -2.53. The van der Waals surface area contributed by atoms with Crippen LogP contribution in [-0.4, -0.2) is 41.9 Å². The van der Waals surface area contributed by atoms with Crippen LogP contribution in [0.5, 0.6) is 0 Å². The SMILES string of the molecule is CNC(CCO)C(C)N(N)C(C)C. The van der Waals surface area contributed by atoms with E-state index in [-0.39, 0.29) is 18.7 Å². The van der Waals surface area contributed by atoms with Gasteiger partial charge < -0.3 is 10.4 Å². The highest BCUT2D eigenvalue weighted by Crippen LogP contribution is 2.06.